The zero-order valence-electron chi connectivity index (χ0n) is 10.5. The number of ether oxygens (including phenoxy) is 1. The van der Waals surface area contributed by atoms with E-state index in [1.807, 2.05) is 0 Å². The maximum absolute atomic E-state index is 12.0. The number of esters is 1. The highest BCUT2D eigenvalue weighted by Gasteiger charge is 2.22. The second-order valence-electron chi connectivity index (χ2n) is 5.11. The number of carbonyl (C=O) groups excluding carboxylic acids is 1. The van der Waals surface area contributed by atoms with Crippen LogP contribution in [-0.2, 0) is 4.74 Å². The van der Waals surface area contributed by atoms with E-state index in [-0.39, 0.29) is 5.69 Å². The Morgan fingerprint density at radius 1 is 1.39 bits per heavy atom. The van der Waals surface area contributed by atoms with Crippen molar-refractivity contribution in [3.05, 3.63) is 28.9 Å². The molecule has 0 bridgehead atoms. The van der Waals surface area contributed by atoms with Crippen molar-refractivity contribution in [1.82, 2.24) is 4.98 Å². The van der Waals surface area contributed by atoms with E-state index in [0.717, 1.165) is 10.9 Å². The minimum Gasteiger partial charge on any atom is -0.455 e. The number of aromatic amines is 1. The molecule has 4 nitrogen and oxygen atoms in total. The molecule has 1 heterocycles. The first-order valence-corrected chi connectivity index (χ1v) is 5.96. The third kappa shape index (κ3) is 2.43. The summed E-state index contributed by atoms with van der Waals surface area (Å²) in [5.74, 6) is -0.465. The maximum Gasteiger partial charge on any atom is 0.357 e. The van der Waals surface area contributed by atoms with Gasteiger partial charge in [0.2, 0.25) is 0 Å². The number of hydrogen-bond acceptors (Lipinski definition) is 3. The molecule has 0 saturated carbocycles. The lowest BCUT2D eigenvalue weighted by Crippen LogP contribution is -2.24. The van der Waals surface area contributed by atoms with Gasteiger partial charge in [-0.15, -0.1) is 0 Å². The number of hydrogen-bond donors (Lipinski definition) is 2. The quantitative estimate of drug-likeness (QED) is 0.778. The number of anilines is 1. The topological polar surface area (TPSA) is 68.1 Å². The van der Waals surface area contributed by atoms with Crippen molar-refractivity contribution < 1.29 is 9.53 Å². The van der Waals surface area contributed by atoms with Crippen LogP contribution in [0.4, 0.5) is 5.69 Å². The minimum atomic E-state index is -0.557. The van der Waals surface area contributed by atoms with Crippen molar-refractivity contribution in [2.75, 3.05) is 5.73 Å². The third-order valence-electron chi connectivity index (χ3n) is 2.40. The Hall–Kier alpha value is -1.68. The summed E-state index contributed by atoms with van der Waals surface area (Å²) in [5.41, 5.74) is 6.77. The van der Waals surface area contributed by atoms with Crippen molar-refractivity contribution in [2.24, 2.45) is 0 Å². The molecule has 0 atom stereocenters. The summed E-state index contributed by atoms with van der Waals surface area (Å²) in [4.78, 5) is 14.9. The highest BCUT2D eigenvalue weighted by molar-refractivity contribution is 6.31. The summed E-state index contributed by atoms with van der Waals surface area (Å²) in [6, 6.07) is 5.23. The number of halogens is 1. The van der Waals surface area contributed by atoms with Crippen LogP contribution in [0.2, 0.25) is 5.02 Å². The number of nitrogen functional groups attached to an aromatic ring is 1. The van der Waals surface area contributed by atoms with Gasteiger partial charge in [0.15, 0.2) is 0 Å². The number of H-pyrrole nitrogens is 1. The van der Waals surface area contributed by atoms with E-state index in [9.17, 15) is 4.79 Å². The van der Waals surface area contributed by atoms with Crippen LogP contribution in [0, 0.1) is 0 Å². The van der Waals surface area contributed by atoms with Gasteiger partial charge in [-0.3, -0.25) is 0 Å². The molecular weight excluding hydrogens is 252 g/mol. The number of aromatic nitrogens is 1. The van der Waals surface area contributed by atoms with E-state index in [0.29, 0.717) is 10.7 Å². The van der Waals surface area contributed by atoms with E-state index in [1.54, 1.807) is 39.0 Å². The molecule has 0 unspecified atom stereocenters. The molecule has 5 heteroatoms. The fourth-order valence-corrected chi connectivity index (χ4v) is 1.85. The Morgan fingerprint density at radius 3 is 2.67 bits per heavy atom. The van der Waals surface area contributed by atoms with Gasteiger partial charge in [0.1, 0.15) is 11.3 Å². The highest BCUT2D eigenvalue weighted by Crippen LogP contribution is 2.28. The van der Waals surface area contributed by atoms with E-state index < -0.39 is 11.6 Å². The van der Waals surface area contributed by atoms with Crippen molar-refractivity contribution in [3.8, 4) is 0 Å². The summed E-state index contributed by atoms with van der Waals surface area (Å²) in [6.45, 7) is 5.42. The molecule has 0 saturated heterocycles. The monoisotopic (exact) mass is 266 g/mol. The Kier molecular flexibility index (Phi) is 2.99. The lowest BCUT2D eigenvalue weighted by atomic mass is 10.2. The van der Waals surface area contributed by atoms with Crippen molar-refractivity contribution >= 4 is 34.2 Å². The second kappa shape index (κ2) is 4.21. The van der Waals surface area contributed by atoms with Crippen LogP contribution < -0.4 is 5.73 Å². The molecule has 2 rings (SSSR count). The summed E-state index contributed by atoms with van der Waals surface area (Å²) >= 11 is 5.90. The highest BCUT2D eigenvalue weighted by atomic mass is 35.5. The number of nitrogens with one attached hydrogen (secondary N) is 1. The van der Waals surface area contributed by atoms with Crippen LogP contribution >= 0.6 is 11.6 Å². The molecule has 0 fully saturated rings. The van der Waals surface area contributed by atoms with Gasteiger partial charge in [-0.25, -0.2) is 4.79 Å². The number of carbonyl (C=O) groups is 1. The molecule has 2 aromatic rings. The van der Waals surface area contributed by atoms with E-state index in [1.165, 1.54) is 0 Å². The zero-order valence-corrected chi connectivity index (χ0v) is 11.3. The van der Waals surface area contributed by atoms with Gasteiger partial charge in [-0.1, -0.05) is 11.6 Å². The lowest BCUT2D eigenvalue weighted by molar-refractivity contribution is 0.00652. The first-order chi connectivity index (χ1) is 8.28. The van der Waals surface area contributed by atoms with E-state index >= 15 is 0 Å². The average Bonchev–Trinajstić information content (AvgIpc) is 2.54. The van der Waals surface area contributed by atoms with Crippen LogP contribution in [0.3, 0.4) is 0 Å². The van der Waals surface area contributed by atoms with E-state index in [2.05, 4.69) is 4.98 Å². The number of fused-ring (bicyclic) bond motifs is 1. The predicted octanol–water partition coefficient (Wildman–Crippen LogP) is 3.36. The summed E-state index contributed by atoms with van der Waals surface area (Å²) in [6.07, 6.45) is 0. The lowest BCUT2D eigenvalue weighted by Gasteiger charge is -2.19. The summed E-state index contributed by atoms with van der Waals surface area (Å²) < 4.78 is 5.28. The Bertz CT molecular complexity index is 611. The fraction of sp³-hybridized carbons (Fsp3) is 0.308. The van der Waals surface area contributed by atoms with Gasteiger partial charge in [-0.2, -0.15) is 0 Å². The van der Waals surface area contributed by atoms with Gasteiger partial charge < -0.3 is 15.5 Å². The standard InChI is InChI=1S/C13H15ClN2O2/c1-13(2,3)18-12(17)11-10(15)8-6-7(14)4-5-9(8)16-11/h4-6,16H,15H2,1-3H3. The normalized spacial score (nSPS) is 11.8. The molecule has 0 amide bonds. The minimum absolute atomic E-state index is 0.266. The number of rotatable bonds is 1. The molecule has 0 spiro atoms. The molecule has 0 aliphatic heterocycles. The predicted molar refractivity (Wildman–Crippen MR) is 72.9 cm³/mol. The van der Waals surface area contributed by atoms with Crippen LogP contribution in [0.25, 0.3) is 10.9 Å². The van der Waals surface area contributed by atoms with Crippen LogP contribution in [0.15, 0.2) is 18.2 Å². The van der Waals surface area contributed by atoms with Crippen molar-refractivity contribution in [1.29, 1.82) is 0 Å². The van der Waals surface area contributed by atoms with Gasteiger partial charge in [-0.05, 0) is 39.0 Å². The third-order valence-corrected chi connectivity index (χ3v) is 2.64. The Morgan fingerprint density at radius 2 is 2.06 bits per heavy atom. The van der Waals surface area contributed by atoms with Gasteiger partial charge in [0.05, 0.1) is 5.69 Å². The Labute approximate surface area is 110 Å². The summed E-state index contributed by atoms with van der Waals surface area (Å²) in [7, 11) is 0. The molecule has 96 valence electrons. The van der Waals surface area contributed by atoms with Crippen LogP contribution in [0.5, 0.6) is 0 Å². The molecule has 3 N–H and O–H groups in total. The fourth-order valence-electron chi connectivity index (χ4n) is 1.68. The SMILES string of the molecule is CC(C)(C)OC(=O)c1[nH]c2ccc(Cl)cc2c1N. The van der Waals surface area contributed by atoms with Crippen molar-refractivity contribution in [2.45, 2.75) is 26.4 Å². The number of nitrogens with two attached hydrogens (primary N) is 1. The molecular formula is C13H15ClN2O2. The van der Waals surface area contributed by atoms with Gasteiger partial charge in [0, 0.05) is 15.9 Å². The second-order valence-corrected chi connectivity index (χ2v) is 5.54. The molecule has 0 aliphatic rings. The smallest absolute Gasteiger partial charge is 0.357 e. The number of benzene rings is 1. The van der Waals surface area contributed by atoms with Gasteiger partial charge in [0.25, 0.3) is 0 Å². The zero-order chi connectivity index (χ0) is 13.5. The maximum atomic E-state index is 12.0. The molecule has 0 aliphatic carbocycles. The van der Waals surface area contributed by atoms with Crippen molar-refractivity contribution in [3.63, 3.8) is 0 Å². The van der Waals surface area contributed by atoms with Gasteiger partial charge >= 0.3 is 5.97 Å². The summed E-state index contributed by atoms with van der Waals surface area (Å²) in [5, 5.41) is 1.30. The average molecular weight is 267 g/mol. The molecule has 1 aromatic heterocycles. The first kappa shape index (κ1) is 12.8. The van der Waals surface area contributed by atoms with E-state index in [4.69, 9.17) is 22.1 Å². The van der Waals surface area contributed by atoms with Crippen LogP contribution in [-0.4, -0.2) is 16.6 Å². The molecule has 1 aromatic carbocycles. The largest absolute Gasteiger partial charge is 0.455 e. The molecule has 0 radical (unpaired) electrons. The first-order valence-electron chi connectivity index (χ1n) is 5.58. The van der Waals surface area contributed by atoms with Crippen LogP contribution in [0.1, 0.15) is 31.3 Å². The Balaban J connectivity index is 2.46. The molecule has 18 heavy (non-hydrogen) atoms.